The fourth-order valence-corrected chi connectivity index (χ4v) is 3.45. The average Bonchev–Trinajstić information content (AvgIpc) is 3.07. The van der Waals surface area contributed by atoms with E-state index in [4.69, 9.17) is 10.3 Å². The van der Waals surface area contributed by atoms with Gasteiger partial charge in [-0.25, -0.2) is 0 Å². The highest BCUT2D eigenvalue weighted by Crippen LogP contribution is 2.29. The number of hydrogen-bond acceptors (Lipinski definition) is 4. The van der Waals surface area contributed by atoms with Crippen LogP contribution in [0, 0.1) is 0 Å². The minimum Gasteiger partial charge on any atom is -0.459 e. The largest absolute Gasteiger partial charge is 0.459 e. The molecule has 2 atom stereocenters. The molecule has 0 amide bonds. The fourth-order valence-electron chi connectivity index (χ4n) is 3.19. The number of halogens is 1. The maximum absolute atomic E-state index is 12.9. The zero-order chi connectivity index (χ0) is 18.4. The summed E-state index contributed by atoms with van der Waals surface area (Å²) in [6, 6.07) is 17.1. The molecule has 1 fully saturated rings. The molecule has 1 aliphatic heterocycles. The number of nitrogens with zero attached hydrogens (tertiary/aromatic N) is 3. The third-order valence-electron chi connectivity index (χ3n) is 4.50. The minimum absolute atomic E-state index is 0.218. The van der Waals surface area contributed by atoms with E-state index < -0.39 is 5.54 Å². The van der Waals surface area contributed by atoms with Gasteiger partial charge < -0.3 is 10.1 Å². The van der Waals surface area contributed by atoms with Crippen molar-refractivity contribution in [3.8, 4) is 0 Å². The molecular formula is C19H19BrN4O2. The van der Waals surface area contributed by atoms with Gasteiger partial charge in [0.2, 0.25) is 0 Å². The first-order valence-electron chi connectivity index (χ1n) is 8.36. The van der Waals surface area contributed by atoms with Gasteiger partial charge in [-0.15, -0.1) is 0 Å². The van der Waals surface area contributed by atoms with E-state index in [2.05, 4.69) is 31.3 Å². The van der Waals surface area contributed by atoms with Crippen LogP contribution >= 0.6 is 15.9 Å². The van der Waals surface area contributed by atoms with E-state index in [1.165, 1.54) is 0 Å². The van der Waals surface area contributed by atoms with Crippen LogP contribution in [0.15, 0.2) is 64.2 Å². The molecule has 2 aromatic rings. The first-order chi connectivity index (χ1) is 12.6. The van der Waals surface area contributed by atoms with Crippen LogP contribution in [-0.2, 0) is 22.6 Å². The standard InChI is InChI=1S/C19H19BrN4O2/c20-16-8-6-14(7-9-16)10-19(11-17(12-22-19)23-24-21)18(25)26-13-15-4-2-1-3-5-15/h1-9,17,22H,10-13H2/t17-,19-/m0/s1. The van der Waals surface area contributed by atoms with E-state index in [1.54, 1.807) is 0 Å². The van der Waals surface area contributed by atoms with Crippen LogP contribution < -0.4 is 5.32 Å². The molecule has 0 aromatic heterocycles. The van der Waals surface area contributed by atoms with Crippen molar-refractivity contribution < 1.29 is 9.53 Å². The van der Waals surface area contributed by atoms with E-state index in [-0.39, 0.29) is 18.6 Å². The second kappa shape index (κ2) is 8.36. The number of carbonyl (C=O) groups is 1. The zero-order valence-corrected chi connectivity index (χ0v) is 15.7. The molecule has 0 aliphatic carbocycles. The molecule has 1 N–H and O–H groups in total. The van der Waals surface area contributed by atoms with Gasteiger partial charge >= 0.3 is 5.97 Å². The number of ether oxygens (including phenoxy) is 1. The van der Waals surface area contributed by atoms with Gasteiger partial charge in [0.25, 0.3) is 0 Å². The summed E-state index contributed by atoms with van der Waals surface area (Å²) in [7, 11) is 0. The summed E-state index contributed by atoms with van der Waals surface area (Å²) in [5, 5.41) is 7.03. The maximum Gasteiger partial charge on any atom is 0.327 e. The number of esters is 1. The van der Waals surface area contributed by atoms with Crippen LogP contribution in [0.2, 0.25) is 0 Å². The molecule has 134 valence electrons. The number of nitrogens with one attached hydrogen (secondary N) is 1. The van der Waals surface area contributed by atoms with Crippen LogP contribution in [-0.4, -0.2) is 24.1 Å². The van der Waals surface area contributed by atoms with Gasteiger partial charge in [0, 0.05) is 22.4 Å². The van der Waals surface area contributed by atoms with Gasteiger partial charge in [0.15, 0.2) is 0 Å². The Kier molecular flexibility index (Phi) is 5.93. The Hall–Kier alpha value is -2.34. The predicted molar refractivity (Wildman–Crippen MR) is 102 cm³/mol. The van der Waals surface area contributed by atoms with Gasteiger partial charge in [-0.1, -0.05) is 63.5 Å². The summed E-state index contributed by atoms with van der Waals surface area (Å²) >= 11 is 3.42. The molecule has 7 heteroatoms. The summed E-state index contributed by atoms with van der Waals surface area (Å²) < 4.78 is 6.57. The van der Waals surface area contributed by atoms with Crippen molar-refractivity contribution in [1.82, 2.24) is 5.32 Å². The highest BCUT2D eigenvalue weighted by atomic mass is 79.9. The lowest BCUT2D eigenvalue weighted by Gasteiger charge is -2.27. The SMILES string of the molecule is [N-]=[N+]=N[C@@H]1CN[C@](Cc2ccc(Br)cc2)(C(=O)OCc2ccccc2)C1. The summed E-state index contributed by atoms with van der Waals surface area (Å²) in [6.07, 6.45) is 0.895. The van der Waals surface area contributed by atoms with Gasteiger partial charge in [-0.2, -0.15) is 0 Å². The molecule has 0 radical (unpaired) electrons. The van der Waals surface area contributed by atoms with Crippen LogP contribution in [0.5, 0.6) is 0 Å². The van der Waals surface area contributed by atoms with Crippen LogP contribution in [0.1, 0.15) is 17.5 Å². The van der Waals surface area contributed by atoms with E-state index in [0.29, 0.717) is 19.4 Å². The van der Waals surface area contributed by atoms with E-state index in [9.17, 15) is 4.79 Å². The molecule has 0 unspecified atom stereocenters. The normalized spacial score (nSPS) is 21.8. The Balaban J connectivity index is 1.77. The Morgan fingerprint density at radius 2 is 1.96 bits per heavy atom. The van der Waals surface area contributed by atoms with Crippen LogP contribution in [0.4, 0.5) is 0 Å². The number of hydrogen-bond donors (Lipinski definition) is 1. The third kappa shape index (κ3) is 4.43. The molecular weight excluding hydrogens is 396 g/mol. The highest BCUT2D eigenvalue weighted by molar-refractivity contribution is 9.10. The predicted octanol–water partition coefficient (Wildman–Crippen LogP) is 4.15. The third-order valence-corrected chi connectivity index (χ3v) is 5.03. The van der Waals surface area contributed by atoms with Gasteiger partial charge in [0.05, 0.1) is 6.04 Å². The number of carbonyl (C=O) groups excluding carboxylic acids is 1. The molecule has 2 aromatic carbocycles. The number of azide groups is 1. The van der Waals surface area contributed by atoms with Crippen LogP contribution in [0.3, 0.4) is 0 Å². The number of rotatable bonds is 6. The Morgan fingerprint density at radius 3 is 2.65 bits per heavy atom. The Bertz CT molecular complexity index is 806. The van der Waals surface area contributed by atoms with E-state index in [0.717, 1.165) is 15.6 Å². The van der Waals surface area contributed by atoms with Crippen molar-refractivity contribution in [3.63, 3.8) is 0 Å². The molecule has 1 aliphatic rings. The molecule has 26 heavy (non-hydrogen) atoms. The Morgan fingerprint density at radius 1 is 1.23 bits per heavy atom. The second-order valence-electron chi connectivity index (χ2n) is 6.39. The minimum atomic E-state index is -0.887. The first-order valence-corrected chi connectivity index (χ1v) is 9.15. The molecule has 6 nitrogen and oxygen atoms in total. The topological polar surface area (TPSA) is 87.1 Å². The highest BCUT2D eigenvalue weighted by Gasteiger charge is 2.46. The monoisotopic (exact) mass is 414 g/mol. The second-order valence-corrected chi connectivity index (χ2v) is 7.31. The number of benzene rings is 2. The van der Waals surface area contributed by atoms with Crippen molar-refractivity contribution in [2.75, 3.05) is 6.54 Å². The lowest BCUT2D eigenvalue weighted by Crippen LogP contribution is -2.50. The summed E-state index contributed by atoms with van der Waals surface area (Å²) in [4.78, 5) is 15.8. The fraction of sp³-hybridized carbons (Fsp3) is 0.316. The lowest BCUT2D eigenvalue weighted by atomic mass is 9.88. The van der Waals surface area contributed by atoms with E-state index >= 15 is 0 Å². The van der Waals surface area contributed by atoms with Gasteiger partial charge in [0.1, 0.15) is 12.1 Å². The lowest BCUT2D eigenvalue weighted by molar-refractivity contribution is -0.152. The summed E-state index contributed by atoms with van der Waals surface area (Å²) in [5.74, 6) is -0.320. The van der Waals surface area contributed by atoms with Gasteiger partial charge in [-0.3, -0.25) is 4.79 Å². The van der Waals surface area contributed by atoms with Gasteiger partial charge in [-0.05, 0) is 35.2 Å². The summed E-state index contributed by atoms with van der Waals surface area (Å²) in [6.45, 7) is 0.677. The van der Waals surface area contributed by atoms with E-state index in [1.807, 2.05) is 54.6 Å². The average molecular weight is 415 g/mol. The van der Waals surface area contributed by atoms with Crippen molar-refractivity contribution >= 4 is 21.9 Å². The first kappa shape index (κ1) is 18.5. The Labute approximate surface area is 160 Å². The molecule has 3 rings (SSSR count). The van der Waals surface area contributed by atoms with Crippen LogP contribution in [0.25, 0.3) is 10.4 Å². The van der Waals surface area contributed by atoms with Crippen molar-refractivity contribution in [1.29, 1.82) is 0 Å². The molecule has 1 heterocycles. The smallest absolute Gasteiger partial charge is 0.327 e. The molecule has 0 spiro atoms. The molecule has 0 saturated carbocycles. The zero-order valence-electron chi connectivity index (χ0n) is 14.1. The van der Waals surface area contributed by atoms with Crippen molar-refractivity contribution in [3.05, 3.63) is 80.6 Å². The quantitative estimate of drug-likeness (QED) is 0.333. The van der Waals surface area contributed by atoms with Crippen molar-refractivity contribution in [2.24, 2.45) is 5.11 Å². The summed E-state index contributed by atoms with van der Waals surface area (Å²) in [5.41, 5.74) is 9.78. The molecule has 0 bridgehead atoms. The molecule has 1 saturated heterocycles. The maximum atomic E-state index is 12.9. The van der Waals surface area contributed by atoms with Crippen molar-refractivity contribution in [2.45, 2.75) is 31.0 Å².